The first-order chi connectivity index (χ1) is 9.04. The van der Waals surface area contributed by atoms with Crippen LogP contribution < -0.4 is 5.32 Å². The number of hydrogen-bond acceptors (Lipinski definition) is 4. The summed E-state index contributed by atoms with van der Waals surface area (Å²) in [5, 5.41) is 14.1. The van der Waals surface area contributed by atoms with Crippen molar-refractivity contribution in [1.29, 1.82) is 0 Å². The summed E-state index contributed by atoms with van der Waals surface area (Å²) < 4.78 is 4.94. The van der Waals surface area contributed by atoms with E-state index < -0.39 is 0 Å². The molecule has 5 heteroatoms. The van der Waals surface area contributed by atoms with Crippen LogP contribution in [0.15, 0.2) is 23.8 Å². The summed E-state index contributed by atoms with van der Waals surface area (Å²) in [5.41, 5.74) is 2.81. The number of hydrogen-bond donors (Lipinski definition) is 1. The van der Waals surface area contributed by atoms with Crippen LogP contribution in [0.2, 0.25) is 0 Å². The summed E-state index contributed by atoms with van der Waals surface area (Å²) in [4.78, 5) is 10.5. The molecule has 0 aromatic heterocycles. The van der Waals surface area contributed by atoms with E-state index in [0.29, 0.717) is 12.2 Å². The highest BCUT2D eigenvalue weighted by Gasteiger charge is 2.09. The smallest absolute Gasteiger partial charge is 0.272 e. The van der Waals surface area contributed by atoms with Gasteiger partial charge >= 0.3 is 0 Å². The predicted molar refractivity (Wildman–Crippen MR) is 76.2 cm³/mol. The second-order valence-corrected chi connectivity index (χ2v) is 4.46. The number of rotatable bonds is 7. The summed E-state index contributed by atoms with van der Waals surface area (Å²) >= 11 is 0. The van der Waals surface area contributed by atoms with Gasteiger partial charge in [-0.1, -0.05) is 23.8 Å². The van der Waals surface area contributed by atoms with Crippen molar-refractivity contribution in [2.24, 2.45) is 0 Å². The third kappa shape index (κ3) is 5.19. The van der Waals surface area contributed by atoms with Crippen molar-refractivity contribution >= 4 is 11.8 Å². The van der Waals surface area contributed by atoms with E-state index in [1.165, 1.54) is 0 Å². The van der Waals surface area contributed by atoms with E-state index in [2.05, 4.69) is 5.32 Å². The largest absolute Gasteiger partial charge is 0.383 e. The van der Waals surface area contributed by atoms with E-state index in [1.807, 2.05) is 19.1 Å². The molecule has 0 atom stereocenters. The molecule has 0 saturated carbocycles. The van der Waals surface area contributed by atoms with E-state index in [9.17, 15) is 10.1 Å². The molecule has 0 aliphatic rings. The summed E-state index contributed by atoms with van der Waals surface area (Å²) in [6.07, 6.45) is 1.95. The van der Waals surface area contributed by atoms with Crippen molar-refractivity contribution in [1.82, 2.24) is 5.32 Å². The Bertz CT molecular complexity index is 470. The zero-order chi connectivity index (χ0) is 14.3. The number of ether oxygens (including phenoxy) is 1. The van der Waals surface area contributed by atoms with Gasteiger partial charge < -0.3 is 10.1 Å². The third-order valence-corrected chi connectivity index (χ3v) is 2.73. The van der Waals surface area contributed by atoms with Gasteiger partial charge in [0, 0.05) is 31.8 Å². The summed E-state index contributed by atoms with van der Waals surface area (Å²) in [5.74, 6) is 0. The minimum Gasteiger partial charge on any atom is -0.383 e. The fourth-order valence-electron chi connectivity index (χ4n) is 1.71. The summed E-state index contributed by atoms with van der Waals surface area (Å²) in [6, 6.07) is 5.27. The molecule has 1 aromatic rings. The second kappa shape index (κ2) is 7.66. The normalized spacial score (nSPS) is 11.6. The zero-order valence-electron chi connectivity index (χ0n) is 11.6. The van der Waals surface area contributed by atoms with E-state index in [-0.39, 0.29) is 10.6 Å². The minimum atomic E-state index is -0.348. The highest BCUT2D eigenvalue weighted by atomic mass is 16.6. The summed E-state index contributed by atoms with van der Waals surface area (Å²) in [6.45, 7) is 5.93. The van der Waals surface area contributed by atoms with Gasteiger partial charge in [0.25, 0.3) is 5.69 Å². The molecule has 0 saturated heterocycles. The van der Waals surface area contributed by atoms with Crippen LogP contribution in [0.3, 0.4) is 0 Å². The number of nitrogens with one attached hydrogen (secondary N) is 1. The van der Waals surface area contributed by atoms with Crippen LogP contribution in [0.4, 0.5) is 5.69 Å². The van der Waals surface area contributed by atoms with Crippen LogP contribution in [0.5, 0.6) is 0 Å². The topological polar surface area (TPSA) is 64.4 Å². The molecule has 19 heavy (non-hydrogen) atoms. The van der Waals surface area contributed by atoms with Crippen LogP contribution in [0.25, 0.3) is 6.08 Å². The van der Waals surface area contributed by atoms with Gasteiger partial charge in [0.15, 0.2) is 0 Å². The maximum atomic E-state index is 10.9. The molecule has 0 spiro atoms. The van der Waals surface area contributed by atoms with Crippen LogP contribution >= 0.6 is 0 Å². The van der Waals surface area contributed by atoms with Crippen molar-refractivity contribution in [2.75, 3.05) is 26.8 Å². The minimum absolute atomic E-state index is 0.161. The Labute approximate surface area is 113 Å². The standard InChI is InChI=1S/C14H20N2O3/c1-11(10-15-6-7-19-3)8-13-5-4-12(2)14(9-13)16(17)18/h4-5,8-9,15H,6-7,10H2,1-3H3. The lowest BCUT2D eigenvalue weighted by atomic mass is 10.1. The van der Waals surface area contributed by atoms with Gasteiger partial charge in [-0.05, 0) is 19.4 Å². The Morgan fingerprint density at radius 3 is 2.89 bits per heavy atom. The molecular formula is C14H20N2O3. The number of nitro benzene ring substituents is 1. The SMILES string of the molecule is COCCNCC(C)=Cc1ccc(C)c([N+](=O)[O-])c1. The fourth-order valence-corrected chi connectivity index (χ4v) is 1.71. The Morgan fingerprint density at radius 2 is 2.26 bits per heavy atom. The molecule has 0 unspecified atom stereocenters. The molecule has 0 aliphatic heterocycles. The van der Waals surface area contributed by atoms with Gasteiger partial charge in [0.05, 0.1) is 11.5 Å². The van der Waals surface area contributed by atoms with E-state index in [0.717, 1.165) is 24.2 Å². The van der Waals surface area contributed by atoms with Crippen molar-refractivity contribution in [3.63, 3.8) is 0 Å². The van der Waals surface area contributed by atoms with Crippen molar-refractivity contribution < 1.29 is 9.66 Å². The monoisotopic (exact) mass is 264 g/mol. The molecule has 1 aromatic carbocycles. The number of nitrogens with zero attached hydrogens (tertiary/aromatic N) is 1. The average Bonchev–Trinajstić information content (AvgIpc) is 2.36. The third-order valence-electron chi connectivity index (χ3n) is 2.73. The van der Waals surface area contributed by atoms with Gasteiger partial charge in [0.2, 0.25) is 0 Å². The first-order valence-electron chi connectivity index (χ1n) is 6.16. The Kier molecular flexibility index (Phi) is 6.18. The molecule has 0 radical (unpaired) electrons. The number of benzene rings is 1. The number of aryl methyl sites for hydroxylation is 1. The van der Waals surface area contributed by atoms with E-state index in [1.54, 1.807) is 26.2 Å². The van der Waals surface area contributed by atoms with Gasteiger partial charge in [-0.25, -0.2) is 0 Å². The molecule has 5 nitrogen and oxygen atoms in total. The highest BCUT2D eigenvalue weighted by Crippen LogP contribution is 2.20. The lowest BCUT2D eigenvalue weighted by Gasteiger charge is -2.05. The highest BCUT2D eigenvalue weighted by molar-refractivity contribution is 5.58. The number of methoxy groups -OCH3 is 1. The molecule has 1 rings (SSSR count). The van der Waals surface area contributed by atoms with Crippen LogP contribution in [0, 0.1) is 17.0 Å². The fraction of sp³-hybridized carbons (Fsp3) is 0.429. The second-order valence-electron chi connectivity index (χ2n) is 4.46. The van der Waals surface area contributed by atoms with Crippen molar-refractivity contribution in [3.05, 3.63) is 45.0 Å². The maximum absolute atomic E-state index is 10.9. The maximum Gasteiger partial charge on any atom is 0.272 e. The average molecular weight is 264 g/mol. The molecule has 0 heterocycles. The van der Waals surface area contributed by atoms with Gasteiger partial charge in [-0.15, -0.1) is 0 Å². The first kappa shape index (κ1) is 15.3. The Morgan fingerprint density at radius 1 is 1.53 bits per heavy atom. The summed E-state index contributed by atoms with van der Waals surface area (Å²) in [7, 11) is 1.66. The van der Waals surface area contributed by atoms with Crippen molar-refractivity contribution in [3.8, 4) is 0 Å². The molecule has 0 amide bonds. The van der Waals surface area contributed by atoms with Gasteiger partial charge in [-0.2, -0.15) is 0 Å². The van der Waals surface area contributed by atoms with Gasteiger partial charge in [0.1, 0.15) is 0 Å². The van der Waals surface area contributed by atoms with Crippen LogP contribution in [0.1, 0.15) is 18.1 Å². The molecule has 0 bridgehead atoms. The molecular weight excluding hydrogens is 244 g/mol. The lowest BCUT2D eigenvalue weighted by molar-refractivity contribution is -0.385. The Hall–Kier alpha value is -1.72. The molecule has 0 fully saturated rings. The first-order valence-corrected chi connectivity index (χ1v) is 6.16. The zero-order valence-corrected chi connectivity index (χ0v) is 11.6. The van der Waals surface area contributed by atoms with E-state index >= 15 is 0 Å². The Balaban J connectivity index is 2.70. The van der Waals surface area contributed by atoms with E-state index in [4.69, 9.17) is 4.74 Å². The van der Waals surface area contributed by atoms with Crippen molar-refractivity contribution in [2.45, 2.75) is 13.8 Å². The van der Waals surface area contributed by atoms with Gasteiger partial charge in [-0.3, -0.25) is 10.1 Å². The predicted octanol–water partition coefficient (Wildman–Crippen LogP) is 2.54. The molecule has 1 N–H and O–H groups in total. The number of nitro groups is 1. The molecule has 104 valence electrons. The quantitative estimate of drug-likeness (QED) is 0.467. The van der Waals surface area contributed by atoms with Crippen LogP contribution in [-0.2, 0) is 4.74 Å². The van der Waals surface area contributed by atoms with Crippen LogP contribution in [-0.4, -0.2) is 31.7 Å². The molecule has 0 aliphatic carbocycles. The lowest BCUT2D eigenvalue weighted by Crippen LogP contribution is -2.20.